The van der Waals surface area contributed by atoms with Crippen molar-refractivity contribution in [3.05, 3.63) is 30.1 Å². The molecular formula is C13H17FN2O3. The minimum atomic E-state index is -0.341. The summed E-state index contributed by atoms with van der Waals surface area (Å²) in [5.41, 5.74) is 0.556. The summed E-state index contributed by atoms with van der Waals surface area (Å²) in [5.74, 6) is -0.529. The molecule has 0 bridgehead atoms. The molecule has 2 rings (SSSR count). The van der Waals surface area contributed by atoms with Crippen molar-refractivity contribution >= 4 is 11.6 Å². The molecule has 1 saturated heterocycles. The molecule has 104 valence electrons. The minimum Gasteiger partial charge on any atom is -0.395 e. The Bertz CT molecular complexity index is 424. The predicted octanol–water partition coefficient (Wildman–Crippen LogP) is 0.457. The zero-order valence-electron chi connectivity index (χ0n) is 10.5. The molecule has 0 saturated carbocycles. The molecule has 0 radical (unpaired) electrons. The van der Waals surface area contributed by atoms with Crippen molar-refractivity contribution < 1.29 is 19.0 Å². The quantitative estimate of drug-likeness (QED) is 0.832. The van der Waals surface area contributed by atoms with Gasteiger partial charge in [0.25, 0.3) is 0 Å². The number of nitrogens with zero attached hydrogens (tertiary/aromatic N) is 1. The molecule has 1 atom stereocenters. The average molecular weight is 268 g/mol. The van der Waals surface area contributed by atoms with Gasteiger partial charge < -0.3 is 15.2 Å². The van der Waals surface area contributed by atoms with E-state index in [9.17, 15) is 14.3 Å². The number of anilines is 1. The number of ether oxygens (including phenoxy) is 1. The first-order chi connectivity index (χ1) is 9.19. The first-order valence-corrected chi connectivity index (χ1v) is 6.17. The highest BCUT2D eigenvalue weighted by atomic mass is 19.1. The van der Waals surface area contributed by atoms with Crippen LogP contribution in [0.1, 0.15) is 0 Å². The van der Waals surface area contributed by atoms with Crippen molar-refractivity contribution in [2.24, 2.45) is 0 Å². The molecule has 0 aliphatic carbocycles. The number of halogens is 1. The Morgan fingerprint density at radius 3 is 2.89 bits per heavy atom. The highest BCUT2D eigenvalue weighted by Crippen LogP contribution is 2.10. The molecule has 0 spiro atoms. The van der Waals surface area contributed by atoms with Crippen LogP contribution >= 0.6 is 0 Å². The van der Waals surface area contributed by atoms with E-state index in [1.807, 2.05) is 4.90 Å². The number of benzene rings is 1. The minimum absolute atomic E-state index is 0.0379. The van der Waals surface area contributed by atoms with Crippen LogP contribution in [-0.4, -0.2) is 54.9 Å². The van der Waals surface area contributed by atoms with Crippen molar-refractivity contribution in [3.8, 4) is 0 Å². The lowest BCUT2D eigenvalue weighted by Gasteiger charge is -2.33. The van der Waals surface area contributed by atoms with Gasteiger partial charge in [0.2, 0.25) is 5.91 Å². The summed E-state index contributed by atoms with van der Waals surface area (Å²) < 4.78 is 18.0. The van der Waals surface area contributed by atoms with Gasteiger partial charge in [-0.3, -0.25) is 9.69 Å². The molecular weight excluding hydrogens is 251 g/mol. The molecule has 2 N–H and O–H groups in total. The normalized spacial score (nSPS) is 20.2. The highest BCUT2D eigenvalue weighted by molar-refractivity contribution is 5.92. The summed E-state index contributed by atoms with van der Waals surface area (Å²) in [7, 11) is 0. The second-order valence-corrected chi connectivity index (χ2v) is 4.44. The molecule has 5 nitrogen and oxygen atoms in total. The predicted molar refractivity (Wildman–Crippen MR) is 68.3 cm³/mol. The van der Waals surface area contributed by atoms with E-state index in [2.05, 4.69) is 5.32 Å². The number of aliphatic hydroxyl groups is 1. The van der Waals surface area contributed by atoms with Gasteiger partial charge in [-0.1, -0.05) is 0 Å². The lowest BCUT2D eigenvalue weighted by Crippen LogP contribution is -2.50. The first kappa shape index (κ1) is 13.9. The Labute approximate surface area is 111 Å². The lowest BCUT2D eigenvalue weighted by molar-refractivity contribution is -0.120. The third kappa shape index (κ3) is 3.99. The van der Waals surface area contributed by atoms with Gasteiger partial charge in [0.1, 0.15) is 5.82 Å². The smallest absolute Gasteiger partial charge is 0.238 e. The van der Waals surface area contributed by atoms with E-state index in [1.54, 1.807) is 0 Å². The fourth-order valence-electron chi connectivity index (χ4n) is 1.98. The molecule has 6 heteroatoms. The zero-order valence-corrected chi connectivity index (χ0v) is 10.5. The van der Waals surface area contributed by atoms with Crippen LogP contribution in [0.4, 0.5) is 10.1 Å². The van der Waals surface area contributed by atoms with E-state index in [0.717, 1.165) is 0 Å². The molecule has 0 aromatic heterocycles. The van der Waals surface area contributed by atoms with E-state index < -0.39 is 0 Å². The van der Waals surface area contributed by atoms with Gasteiger partial charge in [0.05, 0.1) is 32.4 Å². The maximum atomic E-state index is 12.7. The van der Waals surface area contributed by atoms with E-state index >= 15 is 0 Å². The van der Waals surface area contributed by atoms with Crippen molar-refractivity contribution in [1.82, 2.24) is 4.90 Å². The molecule has 1 heterocycles. The molecule has 1 amide bonds. The molecule has 1 aliphatic heterocycles. The summed E-state index contributed by atoms with van der Waals surface area (Å²) >= 11 is 0. The fourth-order valence-corrected chi connectivity index (χ4v) is 1.98. The number of carbonyl (C=O) groups is 1. The van der Waals surface area contributed by atoms with Gasteiger partial charge in [0, 0.05) is 12.2 Å². The van der Waals surface area contributed by atoms with Gasteiger partial charge >= 0.3 is 0 Å². The summed E-state index contributed by atoms with van der Waals surface area (Å²) in [5, 5.41) is 11.9. The van der Waals surface area contributed by atoms with E-state index in [4.69, 9.17) is 4.74 Å². The maximum Gasteiger partial charge on any atom is 0.238 e. The van der Waals surface area contributed by atoms with Crippen LogP contribution in [0, 0.1) is 5.82 Å². The summed E-state index contributed by atoms with van der Waals surface area (Å²) in [6.07, 6.45) is 0. The number of morpholine rings is 1. The van der Waals surface area contributed by atoms with E-state index in [1.165, 1.54) is 24.3 Å². The molecule has 1 aliphatic rings. The van der Waals surface area contributed by atoms with Crippen LogP contribution in [0.5, 0.6) is 0 Å². The Balaban J connectivity index is 1.88. The fraction of sp³-hybridized carbons (Fsp3) is 0.462. The number of aliphatic hydroxyl groups excluding tert-OH is 1. The van der Waals surface area contributed by atoms with Crippen LogP contribution in [-0.2, 0) is 9.53 Å². The SMILES string of the molecule is O=C(CN1CCOCC1CO)Nc1ccc(F)cc1. The van der Waals surface area contributed by atoms with Crippen LogP contribution in [0.2, 0.25) is 0 Å². The molecule has 1 aromatic carbocycles. The monoisotopic (exact) mass is 268 g/mol. The van der Waals surface area contributed by atoms with Gasteiger partial charge in [-0.2, -0.15) is 0 Å². The largest absolute Gasteiger partial charge is 0.395 e. The Morgan fingerprint density at radius 1 is 1.47 bits per heavy atom. The molecule has 19 heavy (non-hydrogen) atoms. The second kappa shape index (κ2) is 6.60. The van der Waals surface area contributed by atoms with Gasteiger partial charge in [-0.05, 0) is 24.3 Å². The van der Waals surface area contributed by atoms with Gasteiger partial charge in [0.15, 0.2) is 0 Å². The number of nitrogens with one attached hydrogen (secondary N) is 1. The Hall–Kier alpha value is -1.50. The number of hydrogen-bond donors (Lipinski definition) is 2. The van der Waals surface area contributed by atoms with Crippen molar-refractivity contribution in [3.63, 3.8) is 0 Å². The Morgan fingerprint density at radius 2 is 2.21 bits per heavy atom. The molecule has 1 fully saturated rings. The number of rotatable bonds is 4. The van der Waals surface area contributed by atoms with Crippen molar-refractivity contribution in [1.29, 1.82) is 0 Å². The Kier molecular flexibility index (Phi) is 4.84. The maximum absolute atomic E-state index is 12.7. The summed E-state index contributed by atoms with van der Waals surface area (Å²) in [4.78, 5) is 13.7. The molecule has 1 unspecified atom stereocenters. The summed E-state index contributed by atoms with van der Waals surface area (Å²) in [6, 6.07) is 5.46. The zero-order chi connectivity index (χ0) is 13.7. The van der Waals surface area contributed by atoms with E-state index in [0.29, 0.717) is 25.4 Å². The van der Waals surface area contributed by atoms with Crippen LogP contribution in [0.3, 0.4) is 0 Å². The topological polar surface area (TPSA) is 61.8 Å². The van der Waals surface area contributed by atoms with Crippen LogP contribution in [0.25, 0.3) is 0 Å². The first-order valence-electron chi connectivity index (χ1n) is 6.17. The highest BCUT2D eigenvalue weighted by Gasteiger charge is 2.24. The van der Waals surface area contributed by atoms with E-state index in [-0.39, 0.29) is 30.9 Å². The summed E-state index contributed by atoms with van der Waals surface area (Å²) in [6.45, 7) is 1.75. The molecule has 1 aromatic rings. The standard InChI is InChI=1S/C13H17FN2O3/c14-10-1-3-11(4-2-10)15-13(18)7-16-5-6-19-9-12(16)8-17/h1-4,12,17H,5-9H2,(H,15,18). The lowest BCUT2D eigenvalue weighted by atomic mass is 10.2. The third-order valence-electron chi connectivity index (χ3n) is 3.03. The van der Waals surface area contributed by atoms with Crippen LogP contribution in [0.15, 0.2) is 24.3 Å². The average Bonchev–Trinajstić information content (AvgIpc) is 2.42. The second-order valence-electron chi connectivity index (χ2n) is 4.44. The van der Waals surface area contributed by atoms with Gasteiger partial charge in [-0.15, -0.1) is 0 Å². The van der Waals surface area contributed by atoms with Crippen molar-refractivity contribution in [2.75, 3.05) is 38.2 Å². The van der Waals surface area contributed by atoms with Crippen molar-refractivity contribution in [2.45, 2.75) is 6.04 Å². The number of amides is 1. The number of hydrogen-bond acceptors (Lipinski definition) is 4. The number of carbonyl (C=O) groups excluding carboxylic acids is 1. The third-order valence-corrected chi connectivity index (χ3v) is 3.03. The van der Waals surface area contributed by atoms with Crippen LogP contribution < -0.4 is 5.32 Å². The van der Waals surface area contributed by atoms with Gasteiger partial charge in [-0.25, -0.2) is 4.39 Å².